The Balaban J connectivity index is 2.21. The van der Waals surface area contributed by atoms with E-state index in [2.05, 4.69) is 19.1 Å². The Kier molecular flexibility index (Phi) is 2.28. The van der Waals surface area contributed by atoms with E-state index in [1.54, 1.807) is 4.90 Å². The fourth-order valence-corrected chi connectivity index (χ4v) is 3.15. The van der Waals surface area contributed by atoms with Gasteiger partial charge in [0.2, 0.25) is 0 Å². The highest BCUT2D eigenvalue weighted by Gasteiger charge is 2.40. The van der Waals surface area contributed by atoms with Gasteiger partial charge in [0, 0.05) is 18.3 Å². The van der Waals surface area contributed by atoms with E-state index in [1.165, 1.54) is 13.0 Å². The molecule has 2 saturated heterocycles. The van der Waals surface area contributed by atoms with Gasteiger partial charge in [0.25, 0.3) is 0 Å². The zero-order valence-corrected chi connectivity index (χ0v) is 8.45. The van der Waals surface area contributed by atoms with Crippen LogP contribution in [0, 0.1) is 11.8 Å². The number of nitrogens with zero attached hydrogens (tertiary/aromatic N) is 1. The van der Waals surface area contributed by atoms with E-state index in [0.717, 1.165) is 30.4 Å². The summed E-state index contributed by atoms with van der Waals surface area (Å²) in [6.07, 6.45) is 3.34. The zero-order valence-electron chi connectivity index (χ0n) is 8.45. The van der Waals surface area contributed by atoms with Gasteiger partial charge in [0.05, 0.1) is 25.3 Å². The molecule has 0 spiro atoms. The minimum atomic E-state index is 0.685. The molecule has 3 rings (SSSR count). The van der Waals surface area contributed by atoms with Crippen molar-refractivity contribution >= 4 is 5.71 Å². The van der Waals surface area contributed by atoms with Gasteiger partial charge in [-0.1, -0.05) is 12.1 Å². The van der Waals surface area contributed by atoms with E-state index in [9.17, 15) is 0 Å². The van der Waals surface area contributed by atoms with Crippen molar-refractivity contribution in [2.75, 3.05) is 13.6 Å². The average molecular weight is 183 g/mol. The Bertz CT molecular complexity index is 215. The Labute approximate surface area is 79.4 Å². The van der Waals surface area contributed by atoms with Crippen molar-refractivity contribution in [3.63, 3.8) is 0 Å². The summed E-state index contributed by atoms with van der Waals surface area (Å²) in [4.78, 5) is 1.63. The number of hydrogen-bond donors (Lipinski definition) is 2. The van der Waals surface area contributed by atoms with Crippen molar-refractivity contribution in [3.05, 3.63) is 0 Å². The molecule has 2 bridgehead atoms. The maximum Gasteiger partial charge on any atom is 0.0952 e. The topological polar surface area (TPSA) is 37.0 Å². The van der Waals surface area contributed by atoms with Crippen LogP contribution in [0.4, 0.5) is 0 Å². The smallest absolute Gasteiger partial charge is 0.0952 e. The lowest BCUT2D eigenvalue weighted by Gasteiger charge is -2.34. The molecular weight excluding hydrogens is 164 g/mol. The van der Waals surface area contributed by atoms with Crippen LogP contribution in [0.5, 0.6) is 0 Å². The molecule has 3 aliphatic rings. The van der Waals surface area contributed by atoms with Gasteiger partial charge >= 0.3 is 0 Å². The molecule has 2 N–H and O–H groups in total. The van der Waals surface area contributed by atoms with Gasteiger partial charge in [0.15, 0.2) is 0 Å². The minimum Gasteiger partial charge on any atom is -0.411 e. The van der Waals surface area contributed by atoms with Crippen LogP contribution in [-0.2, 0) is 0 Å². The normalized spacial score (nSPS) is 48.0. The first-order chi connectivity index (χ1) is 6.20. The number of nitrogens with one attached hydrogen (secondary N) is 1. The summed E-state index contributed by atoms with van der Waals surface area (Å²) in [6, 6.07) is 0.685. The van der Waals surface area contributed by atoms with Crippen molar-refractivity contribution in [3.8, 4) is 0 Å². The predicted octanol–water partition coefficient (Wildman–Crippen LogP) is 0.150. The third kappa shape index (κ3) is 1.57. The molecule has 3 heteroatoms. The van der Waals surface area contributed by atoms with E-state index >= 15 is 0 Å². The summed E-state index contributed by atoms with van der Waals surface area (Å²) >= 11 is 0. The van der Waals surface area contributed by atoms with Gasteiger partial charge in [-0.15, -0.1) is 0 Å². The van der Waals surface area contributed by atoms with E-state index in [-0.39, 0.29) is 0 Å². The molecule has 2 aliphatic heterocycles. The molecular formula is C10H19N2O+. The monoisotopic (exact) mass is 183 g/mol. The minimum absolute atomic E-state index is 0.685. The third-order valence-electron chi connectivity index (χ3n) is 3.76. The highest BCUT2D eigenvalue weighted by atomic mass is 16.4. The summed E-state index contributed by atoms with van der Waals surface area (Å²) in [5.74, 6) is 1.54. The molecule has 3 fully saturated rings. The molecule has 1 saturated carbocycles. The second kappa shape index (κ2) is 3.29. The lowest BCUT2D eigenvalue weighted by atomic mass is 9.86. The van der Waals surface area contributed by atoms with E-state index in [0.29, 0.717) is 6.04 Å². The first-order valence-corrected chi connectivity index (χ1v) is 5.22. The quantitative estimate of drug-likeness (QED) is 0.407. The predicted molar refractivity (Wildman–Crippen MR) is 51.3 cm³/mol. The number of piperidine rings is 1. The van der Waals surface area contributed by atoms with Gasteiger partial charge in [-0.25, -0.2) is 0 Å². The fourth-order valence-electron chi connectivity index (χ4n) is 3.15. The van der Waals surface area contributed by atoms with E-state index in [1.807, 2.05) is 0 Å². The zero-order chi connectivity index (χ0) is 9.42. The second-order valence-corrected chi connectivity index (χ2v) is 4.81. The number of rotatable bonds is 0. The molecule has 3 nitrogen and oxygen atoms in total. The van der Waals surface area contributed by atoms with Crippen LogP contribution in [0.25, 0.3) is 0 Å². The molecule has 0 aromatic heterocycles. The second-order valence-electron chi connectivity index (χ2n) is 4.81. The average Bonchev–Trinajstić information content (AvgIpc) is 2.32. The van der Waals surface area contributed by atoms with Crippen LogP contribution in [0.2, 0.25) is 0 Å². The summed E-state index contributed by atoms with van der Waals surface area (Å²) in [5, 5.41) is 12.3. The molecule has 0 amide bonds. The van der Waals surface area contributed by atoms with Gasteiger partial charge in [0.1, 0.15) is 0 Å². The lowest BCUT2D eigenvalue weighted by molar-refractivity contribution is -0.917. The van der Waals surface area contributed by atoms with Gasteiger partial charge < -0.3 is 10.1 Å². The van der Waals surface area contributed by atoms with Crippen molar-refractivity contribution < 1.29 is 10.1 Å². The first-order valence-electron chi connectivity index (χ1n) is 5.22. The standard InChI is InChI=1S/C10H18N2O/c1-7-3-8-4-9(11-13)5-10(7)12(2)6-8/h7-8,10,13H,3-6H2,1-2H3/p+1/b11-9-/t7-,8-,10-/m0/s1. The molecule has 2 heterocycles. The maximum absolute atomic E-state index is 8.83. The molecule has 0 aromatic rings. The van der Waals surface area contributed by atoms with Crippen LogP contribution in [0.3, 0.4) is 0 Å². The van der Waals surface area contributed by atoms with Crippen molar-refractivity contribution in [2.45, 2.75) is 32.2 Å². The summed E-state index contributed by atoms with van der Waals surface area (Å²) in [7, 11) is 2.27. The van der Waals surface area contributed by atoms with E-state index < -0.39 is 0 Å². The Hall–Kier alpha value is -0.570. The largest absolute Gasteiger partial charge is 0.411 e. The van der Waals surface area contributed by atoms with Crippen LogP contribution < -0.4 is 4.90 Å². The Morgan fingerprint density at radius 2 is 2.23 bits per heavy atom. The van der Waals surface area contributed by atoms with Crippen LogP contribution >= 0.6 is 0 Å². The fraction of sp³-hybridized carbons (Fsp3) is 0.900. The van der Waals surface area contributed by atoms with Crippen LogP contribution in [0.1, 0.15) is 26.2 Å². The Morgan fingerprint density at radius 1 is 1.46 bits per heavy atom. The molecule has 1 aliphatic carbocycles. The van der Waals surface area contributed by atoms with Crippen molar-refractivity contribution in [1.29, 1.82) is 0 Å². The number of fused-ring (bicyclic) bond motifs is 4. The van der Waals surface area contributed by atoms with Gasteiger partial charge in [-0.3, -0.25) is 0 Å². The van der Waals surface area contributed by atoms with Crippen molar-refractivity contribution in [1.82, 2.24) is 0 Å². The van der Waals surface area contributed by atoms with Crippen LogP contribution in [0.15, 0.2) is 5.16 Å². The highest BCUT2D eigenvalue weighted by molar-refractivity contribution is 5.85. The molecule has 74 valence electrons. The SMILES string of the molecule is C[C@H]1C[C@H]2C/C(=N/O)C[C@@H]1[NH+](C)C2. The summed E-state index contributed by atoms with van der Waals surface area (Å²) in [5.41, 5.74) is 1.02. The van der Waals surface area contributed by atoms with Gasteiger partial charge in [-0.2, -0.15) is 0 Å². The molecule has 1 unspecified atom stereocenters. The maximum atomic E-state index is 8.83. The molecule has 4 atom stereocenters. The third-order valence-corrected chi connectivity index (χ3v) is 3.76. The molecule has 0 aromatic carbocycles. The first kappa shape index (κ1) is 9.00. The summed E-state index contributed by atoms with van der Waals surface area (Å²) < 4.78 is 0. The summed E-state index contributed by atoms with van der Waals surface area (Å²) in [6.45, 7) is 3.59. The van der Waals surface area contributed by atoms with Gasteiger partial charge in [-0.05, 0) is 12.8 Å². The van der Waals surface area contributed by atoms with E-state index in [4.69, 9.17) is 5.21 Å². The number of oxime groups is 1. The van der Waals surface area contributed by atoms with Crippen LogP contribution in [-0.4, -0.2) is 30.6 Å². The molecule has 0 radical (unpaired) electrons. The molecule has 13 heavy (non-hydrogen) atoms. The van der Waals surface area contributed by atoms with Crippen molar-refractivity contribution in [2.24, 2.45) is 17.0 Å². The number of hydrogen-bond acceptors (Lipinski definition) is 2. The Morgan fingerprint density at radius 3 is 2.85 bits per heavy atom. The lowest BCUT2D eigenvalue weighted by Crippen LogP contribution is -3.15. The number of quaternary nitrogens is 1. The highest BCUT2D eigenvalue weighted by Crippen LogP contribution is 2.27.